The summed E-state index contributed by atoms with van der Waals surface area (Å²) < 4.78 is 5.38. The Morgan fingerprint density at radius 1 is 0.875 bits per heavy atom. The van der Waals surface area contributed by atoms with Crippen LogP contribution in [-0.4, -0.2) is 19.8 Å². The zero-order chi connectivity index (χ0) is 12.1. The fraction of sp³-hybridized carbons (Fsp3) is 1.00. The molecule has 0 saturated heterocycles. The van der Waals surface area contributed by atoms with E-state index in [0.717, 1.165) is 12.5 Å². The molecule has 0 aliphatic rings. The first kappa shape index (κ1) is 15.9. The topological polar surface area (TPSA) is 35.2 Å². The molecule has 0 aromatic rings. The van der Waals surface area contributed by atoms with Crippen molar-refractivity contribution in [3.63, 3.8) is 0 Å². The minimum absolute atomic E-state index is 0.648. The molecule has 16 heavy (non-hydrogen) atoms. The van der Waals surface area contributed by atoms with Crippen LogP contribution in [0.4, 0.5) is 0 Å². The molecule has 0 fully saturated rings. The van der Waals surface area contributed by atoms with Crippen LogP contribution in [0.5, 0.6) is 0 Å². The van der Waals surface area contributed by atoms with Crippen molar-refractivity contribution in [3.05, 3.63) is 0 Å². The third kappa shape index (κ3) is 10.4. The van der Waals surface area contributed by atoms with Gasteiger partial charge in [0.15, 0.2) is 0 Å². The number of hydrogen-bond acceptors (Lipinski definition) is 2. The summed E-state index contributed by atoms with van der Waals surface area (Å²) in [5.41, 5.74) is 5.36. The maximum atomic E-state index is 5.38. The molecule has 0 rings (SSSR count). The second kappa shape index (κ2) is 13.0. The molecule has 0 saturated carbocycles. The van der Waals surface area contributed by atoms with E-state index in [4.69, 9.17) is 10.5 Å². The SMILES string of the molecule is CCCCC(CCC)CCCCOCCN. The first-order valence-electron chi connectivity index (χ1n) is 7.12. The van der Waals surface area contributed by atoms with Gasteiger partial charge in [-0.05, 0) is 12.3 Å². The molecule has 0 heterocycles. The Hall–Kier alpha value is -0.0800. The predicted molar refractivity (Wildman–Crippen MR) is 71.6 cm³/mol. The monoisotopic (exact) mass is 229 g/mol. The van der Waals surface area contributed by atoms with E-state index in [1.165, 1.54) is 51.4 Å². The Morgan fingerprint density at radius 3 is 2.25 bits per heavy atom. The quantitative estimate of drug-likeness (QED) is 0.517. The van der Waals surface area contributed by atoms with Crippen molar-refractivity contribution in [1.82, 2.24) is 0 Å². The number of nitrogens with two attached hydrogens (primary N) is 1. The van der Waals surface area contributed by atoms with Gasteiger partial charge in [0.1, 0.15) is 0 Å². The lowest BCUT2D eigenvalue weighted by atomic mass is 9.92. The van der Waals surface area contributed by atoms with E-state index in [1.807, 2.05) is 0 Å². The average Bonchev–Trinajstić information content (AvgIpc) is 2.30. The lowest BCUT2D eigenvalue weighted by Crippen LogP contribution is -2.09. The maximum absolute atomic E-state index is 5.38. The van der Waals surface area contributed by atoms with Gasteiger partial charge in [-0.2, -0.15) is 0 Å². The van der Waals surface area contributed by atoms with Gasteiger partial charge in [0, 0.05) is 13.2 Å². The molecule has 1 unspecified atom stereocenters. The van der Waals surface area contributed by atoms with Crippen LogP contribution >= 0.6 is 0 Å². The van der Waals surface area contributed by atoms with E-state index in [1.54, 1.807) is 0 Å². The number of unbranched alkanes of at least 4 members (excludes halogenated alkanes) is 2. The fourth-order valence-electron chi connectivity index (χ4n) is 2.16. The molecule has 0 aliphatic carbocycles. The van der Waals surface area contributed by atoms with E-state index >= 15 is 0 Å². The highest BCUT2D eigenvalue weighted by molar-refractivity contribution is 4.59. The number of ether oxygens (including phenoxy) is 1. The van der Waals surface area contributed by atoms with Gasteiger partial charge in [-0.3, -0.25) is 0 Å². The summed E-state index contributed by atoms with van der Waals surface area (Å²) in [6.07, 6.45) is 10.8. The van der Waals surface area contributed by atoms with Gasteiger partial charge in [-0.25, -0.2) is 0 Å². The molecule has 2 nitrogen and oxygen atoms in total. The molecule has 2 heteroatoms. The largest absolute Gasteiger partial charge is 0.380 e. The van der Waals surface area contributed by atoms with E-state index < -0.39 is 0 Å². The highest BCUT2D eigenvalue weighted by atomic mass is 16.5. The van der Waals surface area contributed by atoms with Crippen LogP contribution < -0.4 is 5.73 Å². The second-order valence-corrected chi connectivity index (χ2v) is 4.69. The smallest absolute Gasteiger partial charge is 0.0588 e. The van der Waals surface area contributed by atoms with Crippen molar-refractivity contribution in [2.24, 2.45) is 11.7 Å². The third-order valence-corrected chi connectivity index (χ3v) is 3.08. The van der Waals surface area contributed by atoms with Crippen LogP contribution in [0.15, 0.2) is 0 Å². The summed E-state index contributed by atoms with van der Waals surface area (Å²) in [7, 11) is 0. The van der Waals surface area contributed by atoms with Crippen molar-refractivity contribution in [1.29, 1.82) is 0 Å². The van der Waals surface area contributed by atoms with Gasteiger partial charge < -0.3 is 10.5 Å². The van der Waals surface area contributed by atoms with Gasteiger partial charge in [0.25, 0.3) is 0 Å². The summed E-state index contributed by atoms with van der Waals surface area (Å²) in [5.74, 6) is 0.958. The van der Waals surface area contributed by atoms with Gasteiger partial charge >= 0.3 is 0 Å². The average molecular weight is 229 g/mol. The minimum atomic E-state index is 0.648. The summed E-state index contributed by atoms with van der Waals surface area (Å²) in [6.45, 7) is 6.83. The zero-order valence-corrected chi connectivity index (χ0v) is 11.3. The molecule has 0 spiro atoms. The van der Waals surface area contributed by atoms with E-state index in [2.05, 4.69) is 13.8 Å². The molecule has 0 aromatic heterocycles. The molecule has 0 aliphatic heterocycles. The predicted octanol–water partition coefficient (Wildman–Crippen LogP) is 3.74. The molecule has 0 bridgehead atoms. The fourth-order valence-corrected chi connectivity index (χ4v) is 2.16. The first-order valence-corrected chi connectivity index (χ1v) is 7.12. The molecule has 1 atom stereocenters. The lowest BCUT2D eigenvalue weighted by Gasteiger charge is -2.15. The van der Waals surface area contributed by atoms with Crippen molar-refractivity contribution < 1.29 is 4.74 Å². The number of hydrogen-bond donors (Lipinski definition) is 1. The van der Waals surface area contributed by atoms with Crippen LogP contribution in [0.25, 0.3) is 0 Å². The maximum Gasteiger partial charge on any atom is 0.0588 e. The van der Waals surface area contributed by atoms with Crippen molar-refractivity contribution in [2.45, 2.75) is 65.2 Å². The van der Waals surface area contributed by atoms with Gasteiger partial charge in [-0.15, -0.1) is 0 Å². The molecule has 0 amide bonds. The lowest BCUT2D eigenvalue weighted by molar-refractivity contribution is 0.135. The van der Waals surface area contributed by atoms with Crippen molar-refractivity contribution >= 4 is 0 Å². The Balaban J connectivity index is 3.36. The minimum Gasteiger partial charge on any atom is -0.380 e. The van der Waals surface area contributed by atoms with Gasteiger partial charge in [-0.1, -0.05) is 58.8 Å². The molecule has 0 radical (unpaired) electrons. The molecule has 0 aromatic carbocycles. The molecular formula is C14H31NO. The zero-order valence-electron chi connectivity index (χ0n) is 11.3. The Kier molecular flexibility index (Phi) is 12.9. The molecule has 98 valence electrons. The van der Waals surface area contributed by atoms with Crippen LogP contribution in [0.2, 0.25) is 0 Å². The highest BCUT2D eigenvalue weighted by Crippen LogP contribution is 2.21. The van der Waals surface area contributed by atoms with Gasteiger partial charge in [0.2, 0.25) is 0 Å². The summed E-state index contributed by atoms with van der Waals surface area (Å²) >= 11 is 0. The first-order chi connectivity index (χ1) is 7.85. The summed E-state index contributed by atoms with van der Waals surface area (Å²) in [6, 6.07) is 0. The van der Waals surface area contributed by atoms with Crippen LogP contribution in [-0.2, 0) is 4.74 Å². The normalized spacial score (nSPS) is 12.9. The van der Waals surface area contributed by atoms with Gasteiger partial charge in [0.05, 0.1) is 6.61 Å². The van der Waals surface area contributed by atoms with E-state index in [0.29, 0.717) is 13.2 Å². The van der Waals surface area contributed by atoms with Crippen LogP contribution in [0.3, 0.4) is 0 Å². The summed E-state index contributed by atoms with van der Waals surface area (Å²) in [4.78, 5) is 0. The molecular weight excluding hydrogens is 198 g/mol. The highest BCUT2D eigenvalue weighted by Gasteiger charge is 2.06. The van der Waals surface area contributed by atoms with E-state index in [-0.39, 0.29) is 0 Å². The van der Waals surface area contributed by atoms with Crippen LogP contribution in [0, 0.1) is 5.92 Å². The van der Waals surface area contributed by atoms with Crippen molar-refractivity contribution in [2.75, 3.05) is 19.8 Å². The Morgan fingerprint density at radius 2 is 1.62 bits per heavy atom. The van der Waals surface area contributed by atoms with E-state index in [9.17, 15) is 0 Å². The third-order valence-electron chi connectivity index (χ3n) is 3.08. The van der Waals surface area contributed by atoms with Crippen molar-refractivity contribution in [3.8, 4) is 0 Å². The summed E-state index contributed by atoms with van der Waals surface area (Å²) in [5, 5.41) is 0. The Bertz CT molecular complexity index is 128. The second-order valence-electron chi connectivity index (χ2n) is 4.69. The Labute approximate surface area is 102 Å². The number of rotatable bonds is 12. The molecule has 2 N–H and O–H groups in total. The van der Waals surface area contributed by atoms with Crippen LogP contribution in [0.1, 0.15) is 65.2 Å². The standard InChI is InChI=1S/C14H31NO/c1-3-5-9-14(8-4-2)10-6-7-12-16-13-11-15/h14H,3-13,15H2,1-2H3.